The van der Waals surface area contributed by atoms with E-state index in [9.17, 15) is 4.79 Å². The number of carbonyl (C=O) groups is 1. The van der Waals surface area contributed by atoms with Crippen LogP contribution in [0.4, 0.5) is 0 Å². The summed E-state index contributed by atoms with van der Waals surface area (Å²) in [7, 11) is 0. The first-order chi connectivity index (χ1) is 13.2. The van der Waals surface area contributed by atoms with Gasteiger partial charge in [0.25, 0.3) is 0 Å². The van der Waals surface area contributed by atoms with Crippen molar-refractivity contribution in [1.29, 1.82) is 0 Å². The van der Waals surface area contributed by atoms with Gasteiger partial charge in [0, 0.05) is 34.7 Å². The lowest BCUT2D eigenvalue weighted by Crippen LogP contribution is -2.10. The molecule has 0 aliphatic carbocycles. The van der Waals surface area contributed by atoms with Gasteiger partial charge in [-0.2, -0.15) is 0 Å². The van der Waals surface area contributed by atoms with Crippen LogP contribution >= 0.6 is 11.6 Å². The molecule has 0 N–H and O–H groups in total. The molecule has 0 amide bonds. The molecule has 0 saturated carbocycles. The van der Waals surface area contributed by atoms with E-state index < -0.39 is 0 Å². The topological polar surface area (TPSA) is 39.4 Å². The highest BCUT2D eigenvalue weighted by atomic mass is 35.5. The van der Waals surface area contributed by atoms with Gasteiger partial charge in [-0.15, -0.1) is 0 Å². The number of carbonyl (C=O) groups excluding carboxylic acids is 1. The van der Waals surface area contributed by atoms with E-state index in [1.165, 1.54) is 0 Å². The number of hydrogen-bond acceptors (Lipinski definition) is 3. The third kappa shape index (κ3) is 3.54. The lowest BCUT2D eigenvalue weighted by molar-refractivity contribution is 0.101. The quantitative estimate of drug-likeness (QED) is 0.507. The molecule has 1 unspecified atom stereocenters. The van der Waals surface area contributed by atoms with Crippen LogP contribution < -0.4 is 0 Å². The van der Waals surface area contributed by atoms with Gasteiger partial charge in [0.2, 0.25) is 5.78 Å². The van der Waals surface area contributed by atoms with Crippen molar-refractivity contribution in [3.05, 3.63) is 69.9 Å². The molecule has 27 heavy (non-hydrogen) atoms. The molecule has 2 aromatic carbocycles. The number of ether oxygens (including phenoxy) is 1. The Balaban J connectivity index is 1.79. The zero-order chi connectivity index (χ0) is 18.8. The van der Waals surface area contributed by atoms with Crippen molar-refractivity contribution in [1.82, 2.24) is 0 Å². The third-order valence-corrected chi connectivity index (χ3v) is 5.64. The summed E-state index contributed by atoms with van der Waals surface area (Å²) >= 11 is 6.16. The van der Waals surface area contributed by atoms with Gasteiger partial charge in [-0.1, -0.05) is 42.8 Å². The average Bonchev–Trinajstić information content (AvgIpc) is 2.86. The predicted octanol–water partition coefficient (Wildman–Crippen LogP) is 6.16. The number of fused-ring (bicyclic) bond motifs is 1. The molecule has 140 valence electrons. The Hall–Kier alpha value is -2.10. The van der Waals surface area contributed by atoms with E-state index in [1.807, 2.05) is 37.3 Å². The molecule has 0 spiro atoms. The summed E-state index contributed by atoms with van der Waals surface area (Å²) in [6.45, 7) is 3.59. The van der Waals surface area contributed by atoms with Crippen LogP contribution in [0.3, 0.4) is 0 Å². The minimum Gasteiger partial charge on any atom is -0.452 e. The lowest BCUT2D eigenvalue weighted by atomic mass is 9.86. The Morgan fingerprint density at radius 2 is 2.00 bits per heavy atom. The summed E-state index contributed by atoms with van der Waals surface area (Å²) in [5, 5.41) is 1.57. The molecule has 1 aliphatic heterocycles. The van der Waals surface area contributed by atoms with E-state index in [2.05, 4.69) is 6.07 Å². The SMILES string of the molecule is CCc1c(C(=O)c2ccccc2C2CCCOCC2)oc2ccc(Cl)cc12. The van der Waals surface area contributed by atoms with Gasteiger partial charge < -0.3 is 9.15 Å². The van der Waals surface area contributed by atoms with Crippen LogP contribution in [-0.2, 0) is 11.2 Å². The molecule has 3 aromatic rings. The molecule has 4 heteroatoms. The van der Waals surface area contributed by atoms with Crippen LogP contribution in [0.5, 0.6) is 0 Å². The molecular weight excluding hydrogens is 360 g/mol. The third-order valence-electron chi connectivity index (χ3n) is 5.41. The maximum Gasteiger partial charge on any atom is 0.228 e. The zero-order valence-corrected chi connectivity index (χ0v) is 16.2. The first kappa shape index (κ1) is 18.3. The van der Waals surface area contributed by atoms with Crippen molar-refractivity contribution in [3.8, 4) is 0 Å². The number of benzene rings is 2. The Labute approximate surface area is 164 Å². The highest BCUT2D eigenvalue weighted by molar-refractivity contribution is 6.31. The summed E-state index contributed by atoms with van der Waals surface area (Å²) in [4.78, 5) is 13.5. The molecular formula is C23H23ClO3. The maximum absolute atomic E-state index is 13.5. The van der Waals surface area contributed by atoms with Crippen molar-refractivity contribution < 1.29 is 13.9 Å². The zero-order valence-electron chi connectivity index (χ0n) is 15.5. The standard InChI is InChI=1S/C23H23ClO3/c1-2-17-20-14-16(24)9-10-21(20)27-23(17)22(25)19-8-4-3-7-18(19)15-6-5-12-26-13-11-15/h3-4,7-10,14-15H,2,5-6,11-13H2,1H3. The molecule has 1 fully saturated rings. The van der Waals surface area contributed by atoms with Crippen LogP contribution in [0.2, 0.25) is 5.02 Å². The van der Waals surface area contributed by atoms with Crippen LogP contribution in [0.15, 0.2) is 46.9 Å². The van der Waals surface area contributed by atoms with Crippen molar-refractivity contribution in [3.63, 3.8) is 0 Å². The molecule has 1 aromatic heterocycles. The average molecular weight is 383 g/mol. The fourth-order valence-corrected chi connectivity index (χ4v) is 4.22. The first-order valence-corrected chi connectivity index (χ1v) is 9.99. The van der Waals surface area contributed by atoms with Crippen LogP contribution in [0, 0.1) is 0 Å². The van der Waals surface area contributed by atoms with Crippen molar-refractivity contribution in [2.45, 2.75) is 38.5 Å². The predicted molar refractivity (Wildman–Crippen MR) is 108 cm³/mol. The van der Waals surface area contributed by atoms with Gasteiger partial charge in [0.05, 0.1) is 0 Å². The second-order valence-corrected chi connectivity index (χ2v) is 7.50. The second-order valence-electron chi connectivity index (χ2n) is 7.06. The van der Waals surface area contributed by atoms with Gasteiger partial charge in [-0.3, -0.25) is 4.79 Å². The van der Waals surface area contributed by atoms with Crippen LogP contribution in [0.25, 0.3) is 11.0 Å². The smallest absolute Gasteiger partial charge is 0.228 e. The highest BCUT2D eigenvalue weighted by Crippen LogP contribution is 2.34. The summed E-state index contributed by atoms with van der Waals surface area (Å²) in [5.41, 5.74) is 3.48. The monoisotopic (exact) mass is 382 g/mol. The molecule has 1 saturated heterocycles. The normalized spacial score (nSPS) is 17.8. The number of aryl methyl sites for hydroxylation is 1. The fourth-order valence-electron chi connectivity index (χ4n) is 4.05. The molecule has 1 aliphatic rings. The van der Waals surface area contributed by atoms with Gasteiger partial charge in [-0.05, 0) is 55.4 Å². The molecule has 1 atom stereocenters. The summed E-state index contributed by atoms with van der Waals surface area (Å²) in [6, 6.07) is 13.4. The molecule has 0 bridgehead atoms. The Morgan fingerprint density at radius 1 is 1.15 bits per heavy atom. The van der Waals surface area contributed by atoms with E-state index in [4.69, 9.17) is 20.8 Å². The number of rotatable bonds is 4. The van der Waals surface area contributed by atoms with E-state index in [1.54, 1.807) is 6.07 Å². The minimum atomic E-state index is -0.0417. The Morgan fingerprint density at radius 3 is 2.85 bits per heavy atom. The van der Waals surface area contributed by atoms with E-state index >= 15 is 0 Å². The number of furan rings is 1. The highest BCUT2D eigenvalue weighted by Gasteiger charge is 2.26. The van der Waals surface area contributed by atoms with Gasteiger partial charge in [0.15, 0.2) is 5.76 Å². The van der Waals surface area contributed by atoms with Crippen molar-refractivity contribution in [2.24, 2.45) is 0 Å². The summed E-state index contributed by atoms with van der Waals surface area (Å²) in [5.74, 6) is 0.739. The second kappa shape index (κ2) is 7.87. The first-order valence-electron chi connectivity index (χ1n) is 9.61. The molecule has 3 nitrogen and oxygen atoms in total. The maximum atomic E-state index is 13.5. The number of halogens is 1. The lowest BCUT2D eigenvalue weighted by Gasteiger charge is -2.17. The van der Waals surface area contributed by atoms with E-state index in [0.29, 0.717) is 28.7 Å². The fraction of sp³-hybridized carbons (Fsp3) is 0.348. The summed E-state index contributed by atoms with van der Waals surface area (Å²) in [6.07, 6.45) is 3.73. The number of ketones is 1. The van der Waals surface area contributed by atoms with Crippen LogP contribution in [-0.4, -0.2) is 19.0 Å². The van der Waals surface area contributed by atoms with Crippen molar-refractivity contribution >= 4 is 28.4 Å². The molecule has 2 heterocycles. The number of hydrogen-bond donors (Lipinski definition) is 0. The molecule has 4 rings (SSSR count). The van der Waals surface area contributed by atoms with E-state index in [-0.39, 0.29) is 5.78 Å². The Bertz CT molecular complexity index is 965. The van der Waals surface area contributed by atoms with E-state index in [0.717, 1.165) is 54.6 Å². The van der Waals surface area contributed by atoms with Crippen molar-refractivity contribution in [2.75, 3.05) is 13.2 Å². The Kier molecular flexibility index (Phi) is 5.33. The minimum absolute atomic E-state index is 0.0417. The van der Waals surface area contributed by atoms with Gasteiger partial charge >= 0.3 is 0 Å². The largest absolute Gasteiger partial charge is 0.452 e. The molecule has 0 radical (unpaired) electrons. The van der Waals surface area contributed by atoms with Crippen LogP contribution in [0.1, 0.15) is 59.3 Å². The van der Waals surface area contributed by atoms with Gasteiger partial charge in [0.1, 0.15) is 5.58 Å². The summed E-state index contributed by atoms with van der Waals surface area (Å²) < 4.78 is 11.6. The van der Waals surface area contributed by atoms with Gasteiger partial charge in [-0.25, -0.2) is 0 Å².